The lowest BCUT2D eigenvalue weighted by Crippen LogP contribution is -2.46. The van der Waals surface area contributed by atoms with Gasteiger partial charge < -0.3 is 20.4 Å². The summed E-state index contributed by atoms with van der Waals surface area (Å²) in [6.45, 7) is 0.178. The van der Waals surface area contributed by atoms with Crippen molar-refractivity contribution in [1.82, 2.24) is 20.3 Å². The van der Waals surface area contributed by atoms with Gasteiger partial charge >= 0.3 is 0 Å². The number of H-pyrrole nitrogens is 1. The number of anilines is 1. The highest BCUT2D eigenvalue weighted by atomic mass is 19.1. The van der Waals surface area contributed by atoms with Crippen LogP contribution in [0.15, 0.2) is 79.3 Å². The average Bonchev–Trinajstić information content (AvgIpc) is 3.62. The molecule has 0 aliphatic heterocycles. The molecule has 1 atom stereocenters. The summed E-state index contributed by atoms with van der Waals surface area (Å²) in [5.74, 6) is 1.04. The monoisotopic (exact) mass is 485 g/mol. The fraction of sp³-hybridized carbons (Fsp3) is 0.185. The van der Waals surface area contributed by atoms with Crippen molar-refractivity contribution in [2.75, 3.05) is 11.9 Å². The number of carbonyl (C=O) groups is 2. The Morgan fingerprint density at radius 2 is 1.75 bits per heavy atom. The first-order chi connectivity index (χ1) is 17.5. The topological polar surface area (TPSA) is 109 Å². The number of hydrogen-bond acceptors (Lipinski definition) is 6. The van der Waals surface area contributed by atoms with Gasteiger partial charge in [-0.15, -0.1) is 0 Å². The SMILES string of the molecule is O=C(NC(CNc1cccc(-c2ccc(Oc3ccc(F)cc3)cc2)n1)C(=O)c1cnc[nH]1)C1CC1. The summed E-state index contributed by atoms with van der Waals surface area (Å²) in [5, 5.41) is 6.03. The van der Waals surface area contributed by atoms with Crippen LogP contribution < -0.4 is 15.4 Å². The molecule has 0 bridgehead atoms. The fourth-order valence-corrected chi connectivity index (χ4v) is 3.66. The number of aromatic amines is 1. The third-order valence-corrected chi connectivity index (χ3v) is 5.78. The predicted octanol–water partition coefficient (Wildman–Crippen LogP) is 4.59. The maximum Gasteiger partial charge on any atom is 0.223 e. The van der Waals surface area contributed by atoms with Crippen molar-refractivity contribution in [3.8, 4) is 22.8 Å². The van der Waals surface area contributed by atoms with Crippen LogP contribution in [0.25, 0.3) is 11.3 Å². The smallest absolute Gasteiger partial charge is 0.223 e. The van der Waals surface area contributed by atoms with E-state index in [9.17, 15) is 14.0 Å². The summed E-state index contributed by atoms with van der Waals surface area (Å²) in [7, 11) is 0. The Kier molecular flexibility index (Phi) is 6.70. The first-order valence-corrected chi connectivity index (χ1v) is 11.6. The Bertz CT molecular complexity index is 1340. The summed E-state index contributed by atoms with van der Waals surface area (Å²) < 4.78 is 18.8. The zero-order valence-electron chi connectivity index (χ0n) is 19.3. The molecule has 4 aromatic rings. The molecule has 1 aliphatic rings. The van der Waals surface area contributed by atoms with Crippen molar-refractivity contribution >= 4 is 17.5 Å². The van der Waals surface area contributed by atoms with E-state index in [1.54, 1.807) is 18.2 Å². The van der Waals surface area contributed by atoms with Gasteiger partial charge in [0.25, 0.3) is 0 Å². The Balaban J connectivity index is 1.25. The van der Waals surface area contributed by atoms with Crippen LogP contribution in [-0.4, -0.2) is 39.2 Å². The molecule has 36 heavy (non-hydrogen) atoms. The molecule has 8 nitrogen and oxygen atoms in total. The zero-order chi connectivity index (χ0) is 24.9. The number of nitrogens with one attached hydrogen (secondary N) is 3. The van der Waals surface area contributed by atoms with Crippen molar-refractivity contribution in [2.45, 2.75) is 18.9 Å². The molecule has 0 saturated heterocycles. The number of halogens is 1. The number of imidazole rings is 1. The molecule has 1 unspecified atom stereocenters. The van der Waals surface area contributed by atoms with Gasteiger partial charge in [-0.2, -0.15) is 0 Å². The highest BCUT2D eigenvalue weighted by Gasteiger charge is 2.33. The first kappa shape index (κ1) is 23.2. The number of hydrogen-bond donors (Lipinski definition) is 3. The van der Waals surface area contributed by atoms with Crippen molar-refractivity contribution in [3.05, 3.63) is 90.8 Å². The number of amides is 1. The maximum atomic E-state index is 13.1. The number of aromatic nitrogens is 3. The van der Waals surface area contributed by atoms with E-state index in [1.807, 2.05) is 36.4 Å². The van der Waals surface area contributed by atoms with E-state index in [1.165, 1.54) is 24.7 Å². The van der Waals surface area contributed by atoms with Crippen molar-refractivity contribution in [2.24, 2.45) is 5.92 Å². The second-order valence-corrected chi connectivity index (χ2v) is 8.53. The molecule has 2 aromatic heterocycles. The molecule has 1 amide bonds. The van der Waals surface area contributed by atoms with Crippen LogP contribution in [0.4, 0.5) is 10.2 Å². The van der Waals surface area contributed by atoms with Gasteiger partial charge in [-0.05, 0) is 73.5 Å². The number of Topliss-reactive ketones (excluding diaryl/α,β-unsaturated/α-hetero) is 1. The molecular formula is C27H24FN5O3. The molecule has 0 spiro atoms. The number of ether oxygens (including phenoxy) is 1. The number of nitrogens with zero attached hydrogens (tertiary/aromatic N) is 2. The fourth-order valence-electron chi connectivity index (χ4n) is 3.66. The van der Waals surface area contributed by atoms with E-state index in [4.69, 9.17) is 4.74 Å². The number of ketones is 1. The molecule has 1 aliphatic carbocycles. The van der Waals surface area contributed by atoms with Crippen LogP contribution in [0, 0.1) is 11.7 Å². The zero-order valence-corrected chi connectivity index (χ0v) is 19.3. The summed E-state index contributed by atoms with van der Waals surface area (Å²) in [6.07, 6.45) is 4.57. The highest BCUT2D eigenvalue weighted by Crippen LogP contribution is 2.29. The normalized spacial score (nSPS) is 13.6. The van der Waals surface area contributed by atoms with Gasteiger partial charge in [0.2, 0.25) is 11.7 Å². The lowest BCUT2D eigenvalue weighted by atomic mass is 10.1. The van der Waals surface area contributed by atoms with Crippen LogP contribution in [0.2, 0.25) is 0 Å². The van der Waals surface area contributed by atoms with E-state index < -0.39 is 6.04 Å². The second-order valence-electron chi connectivity index (χ2n) is 8.53. The van der Waals surface area contributed by atoms with E-state index in [2.05, 4.69) is 25.6 Å². The van der Waals surface area contributed by atoms with Crippen molar-refractivity contribution < 1.29 is 18.7 Å². The van der Waals surface area contributed by atoms with E-state index in [0.29, 0.717) is 23.0 Å². The van der Waals surface area contributed by atoms with Gasteiger partial charge in [-0.1, -0.05) is 6.07 Å². The van der Waals surface area contributed by atoms with E-state index in [0.717, 1.165) is 24.1 Å². The standard InChI is InChI=1S/C27H24FN5O3/c28-19-8-12-21(13-9-19)36-20-10-6-17(7-11-20)22-2-1-3-25(32-22)30-15-24(33-27(35)18-4-5-18)26(34)23-14-29-16-31-23/h1-3,6-14,16,18,24H,4-5,15H2,(H,29,31)(H,30,32)(H,33,35). The van der Waals surface area contributed by atoms with Gasteiger partial charge in [0, 0.05) is 18.0 Å². The molecular weight excluding hydrogens is 461 g/mol. The van der Waals surface area contributed by atoms with Gasteiger partial charge in [0.05, 0.1) is 18.2 Å². The van der Waals surface area contributed by atoms with Crippen molar-refractivity contribution in [1.29, 1.82) is 0 Å². The van der Waals surface area contributed by atoms with Crippen LogP contribution in [0.3, 0.4) is 0 Å². The Morgan fingerprint density at radius 1 is 1.03 bits per heavy atom. The molecule has 1 fully saturated rings. The maximum absolute atomic E-state index is 13.1. The van der Waals surface area contributed by atoms with Crippen LogP contribution >= 0.6 is 0 Å². The minimum Gasteiger partial charge on any atom is -0.457 e. The minimum absolute atomic E-state index is 0.0153. The molecule has 1 saturated carbocycles. The number of benzene rings is 2. The Hall–Kier alpha value is -4.53. The predicted molar refractivity (Wildman–Crippen MR) is 132 cm³/mol. The Morgan fingerprint density at radius 3 is 2.42 bits per heavy atom. The molecule has 0 radical (unpaired) electrons. The summed E-state index contributed by atoms with van der Waals surface area (Å²) in [6, 6.07) is 18.0. The van der Waals surface area contributed by atoms with Crippen molar-refractivity contribution in [3.63, 3.8) is 0 Å². The average molecular weight is 486 g/mol. The second kappa shape index (κ2) is 10.4. The third kappa shape index (κ3) is 5.75. The highest BCUT2D eigenvalue weighted by molar-refractivity contribution is 6.01. The van der Waals surface area contributed by atoms with Gasteiger partial charge in [-0.3, -0.25) is 9.59 Å². The van der Waals surface area contributed by atoms with Gasteiger partial charge in [0.15, 0.2) is 0 Å². The number of carbonyl (C=O) groups excluding carboxylic acids is 2. The Labute approximate surface area is 207 Å². The lowest BCUT2D eigenvalue weighted by molar-refractivity contribution is -0.122. The number of pyridine rings is 1. The van der Waals surface area contributed by atoms with Crippen LogP contribution in [0.1, 0.15) is 23.3 Å². The third-order valence-electron chi connectivity index (χ3n) is 5.78. The van der Waals surface area contributed by atoms with Crippen LogP contribution in [0.5, 0.6) is 11.5 Å². The first-order valence-electron chi connectivity index (χ1n) is 11.6. The summed E-state index contributed by atoms with van der Waals surface area (Å²) in [4.78, 5) is 36.6. The molecule has 5 rings (SSSR count). The molecule has 2 heterocycles. The van der Waals surface area contributed by atoms with Gasteiger partial charge in [0.1, 0.15) is 34.9 Å². The summed E-state index contributed by atoms with van der Waals surface area (Å²) >= 11 is 0. The molecule has 9 heteroatoms. The van der Waals surface area contributed by atoms with Gasteiger partial charge in [-0.25, -0.2) is 14.4 Å². The number of rotatable bonds is 10. The molecule has 2 aromatic carbocycles. The summed E-state index contributed by atoms with van der Waals surface area (Å²) in [5.41, 5.74) is 1.94. The van der Waals surface area contributed by atoms with E-state index in [-0.39, 0.29) is 30.0 Å². The van der Waals surface area contributed by atoms with E-state index >= 15 is 0 Å². The molecule has 3 N–H and O–H groups in total. The minimum atomic E-state index is -0.758. The van der Waals surface area contributed by atoms with Crippen LogP contribution in [-0.2, 0) is 4.79 Å². The molecule has 182 valence electrons. The lowest BCUT2D eigenvalue weighted by Gasteiger charge is -2.18. The largest absolute Gasteiger partial charge is 0.457 e. The quantitative estimate of drug-likeness (QED) is 0.284.